The zero-order valence-electron chi connectivity index (χ0n) is 12.6. The summed E-state index contributed by atoms with van der Waals surface area (Å²) >= 11 is 0. The molecule has 0 spiro atoms. The van der Waals surface area contributed by atoms with Crippen LogP contribution >= 0.6 is 0 Å². The normalized spacial score (nSPS) is 11.2. The van der Waals surface area contributed by atoms with Gasteiger partial charge in [-0.05, 0) is 0 Å². The SMILES string of the molecule is CCc1nc(CC)n(-c2ncc(CNC(C)C)cn2)n1. The maximum atomic E-state index is 4.47. The van der Waals surface area contributed by atoms with Crippen LogP contribution in [0.1, 0.15) is 44.9 Å². The van der Waals surface area contributed by atoms with E-state index in [1.54, 1.807) is 4.68 Å². The fourth-order valence-corrected chi connectivity index (χ4v) is 1.80. The zero-order valence-corrected chi connectivity index (χ0v) is 12.6. The maximum absolute atomic E-state index is 4.47. The van der Waals surface area contributed by atoms with E-state index >= 15 is 0 Å². The molecule has 0 atom stereocenters. The van der Waals surface area contributed by atoms with Crippen LogP contribution in [0.3, 0.4) is 0 Å². The van der Waals surface area contributed by atoms with Crippen molar-refractivity contribution < 1.29 is 0 Å². The van der Waals surface area contributed by atoms with Crippen LogP contribution in [0.2, 0.25) is 0 Å². The Morgan fingerprint density at radius 1 is 1.15 bits per heavy atom. The summed E-state index contributed by atoms with van der Waals surface area (Å²) in [4.78, 5) is 13.2. The lowest BCUT2D eigenvalue weighted by Gasteiger charge is -2.08. The Morgan fingerprint density at radius 3 is 2.40 bits per heavy atom. The van der Waals surface area contributed by atoms with Crippen molar-refractivity contribution in [2.45, 2.75) is 53.1 Å². The summed E-state index contributed by atoms with van der Waals surface area (Å²) in [5.41, 5.74) is 1.07. The van der Waals surface area contributed by atoms with Crippen molar-refractivity contribution in [3.8, 4) is 5.95 Å². The summed E-state index contributed by atoms with van der Waals surface area (Å²) in [5, 5.41) is 7.78. The van der Waals surface area contributed by atoms with Crippen molar-refractivity contribution in [1.82, 2.24) is 30.0 Å². The Hall–Kier alpha value is -1.82. The predicted octanol–water partition coefficient (Wildman–Crippen LogP) is 1.68. The standard InChI is InChI=1S/C14H22N6/c1-5-12-18-13(6-2)20(19-12)14-16-8-11(9-17-14)7-15-10(3)4/h8-10,15H,5-7H2,1-4H3. The molecular weight excluding hydrogens is 252 g/mol. The van der Waals surface area contributed by atoms with Gasteiger partial charge in [-0.15, -0.1) is 5.10 Å². The summed E-state index contributed by atoms with van der Waals surface area (Å²) < 4.78 is 1.73. The molecule has 6 nitrogen and oxygen atoms in total. The third kappa shape index (κ3) is 3.39. The number of hydrogen-bond donors (Lipinski definition) is 1. The predicted molar refractivity (Wildman–Crippen MR) is 77.7 cm³/mol. The van der Waals surface area contributed by atoms with E-state index in [9.17, 15) is 0 Å². The highest BCUT2D eigenvalue weighted by Gasteiger charge is 2.11. The van der Waals surface area contributed by atoms with E-state index < -0.39 is 0 Å². The van der Waals surface area contributed by atoms with Crippen LogP contribution in [-0.4, -0.2) is 30.8 Å². The number of nitrogens with one attached hydrogen (secondary N) is 1. The van der Waals surface area contributed by atoms with Gasteiger partial charge in [0, 0.05) is 43.4 Å². The molecule has 6 heteroatoms. The first-order chi connectivity index (χ1) is 9.63. The molecule has 2 heterocycles. The van der Waals surface area contributed by atoms with Gasteiger partial charge < -0.3 is 5.32 Å². The first-order valence-electron chi connectivity index (χ1n) is 7.13. The van der Waals surface area contributed by atoms with Crippen LogP contribution in [-0.2, 0) is 19.4 Å². The summed E-state index contributed by atoms with van der Waals surface area (Å²) in [6.07, 6.45) is 5.30. The first kappa shape index (κ1) is 14.6. The number of nitrogens with zero attached hydrogens (tertiary/aromatic N) is 5. The van der Waals surface area contributed by atoms with E-state index in [1.807, 2.05) is 19.3 Å². The van der Waals surface area contributed by atoms with Crippen molar-refractivity contribution in [2.24, 2.45) is 0 Å². The van der Waals surface area contributed by atoms with Crippen molar-refractivity contribution in [2.75, 3.05) is 0 Å². The highest BCUT2D eigenvalue weighted by Crippen LogP contribution is 2.07. The van der Waals surface area contributed by atoms with E-state index in [0.29, 0.717) is 12.0 Å². The Bertz CT molecular complexity index is 543. The smallest absolute Gasteiger partial charge is 0.252 e. The lowest BCUT2D eigenvalue weighted by Crippen LogP contribution is -2.22. The van der Waals surface area contributed by atoms with Gasteiger partial charge in [0.25, 0.3) is 5.95 Å². The molecule has 0 aliphatic rings. The summed E-state index contributed by atoms with van der Waals surface area (Å²) in [6, 6.07) is 0.448. The molecule has 2 rings (SSSR count). The molecule has 0 aromatic carbocycles. The van der Waals surface area contributed by atoms with E-state index in [2.05, 4.69) is 46.1 Å². The summed E-state index contributed by atoms with van der Waals surface area (Å²) in [5.74, 6) is 2.31. The Kier molecular flexibility index (Phi) is 4.79. The molecule has 0 unspecified atom stereocenters. The minimum Gasteiger partial charge on any atom is -0.310 e. The van der Waals surface area contributed by atoms with Gasteiger partial charge in [-0.3, -0.25) is 0 Å². The van der Waals surface area contributed by atoms with Gasteiger partial charge in [0.15, 0.2) is 5.82 Å². The van der Waals surface area contributed by atoms with Crippen LogP contribution in [0, 0.1) is 0 Å². The van der Waals surface area contributed by atoms with Gasteiger partial charge in [-0.2, -0.15) is 4.68 Å². The monoisotopic (exact) mass is 274 g/mol. The van der Waals surface area contributed by atoms with Crippen molar-refractivity contribution in [3.63, 3.8) is 0 Å². The average Bonchev–Trinajstić information content (AvgIpc) is 2.89. The van der Waals surface area contributed by atoms with E-state index in [0.717, 1.165) is 36.6 Å². The fourth-order valence-electron chi connectivity index (χ4n) is 1.80. The number of aryl methyl sites for hydroxylation is 2. The third-order valence-electron chi connectivity index (χ3n) is 2.95. The van der Waals surface area contributed by atoms with E-state index in [4.69, 9.17) is 0 Å². The van der Waals surface area contributed by atoms with Crippen LogP contribution in [0.5, 0.6) is 0 Å². The Morgan fingerprint density at radius 2 is 1.85 bits per heavy atom. The van der Waals surface area contributed by atoms with Crippen molar-refractivity contribution >= 4 is 0 Å². The largest absolute Gasteiger partial charge is 0.310 e. The van der Waals surface area contributed by atoms with Crippen LogP contribution < -0.4 is 5.32 Å². The third-order valence-corrected chi connectivity index (χ3v) is 2.95. The highest BCUT2D eigenvalue weighted by molar-refractivity contribution is 5.16. The average molecular weight is 274 g/mol. The first-order valence-corrected chi connectivity index (χ1v) is 7.13. The Labute approximate surface area is 119 Å². The highest BCUT2D eigenvalue weighted by atomic mass is 15.4. The molecule has 0 aliphatic heterocycles. The van der Waals surface area contributed by atoms with Gasteiger partial charge in [0.1, 0.15) is 5.82 Å². The second-order valence-electron chi connectivity index (χ2n) is 4.99. The minimum atomic E-state index is 0.448. The fraction of sp³-hybridized carbons (Fsp3) is 0.571. The van der Waals surface area contributed by atoms with Gasteiger partial charge in [0.2, 0.25) is 0 Å². The molecule has 1 N–H and O–H groups in total. The molecule has 2 aromatic rings. The van der Waals surface area contributed by atoms with E-state index in [-0.39, 0.29) is 0 Å². The number of aromatic nitrogens is 5. The van der Waals surface area contributed by atoms with E-state index in [1.165, 1.54) is 0 Å². The van der Waals surface area contributed by atoms with Crippen molar-refractivity contribution in [3.05, 3.63) is 29.6 Å². The molecule has 0 saturated heterocycles. The zero-order chi connectivity index (χ0) is 14.5. The molecule has 0 amide bonds. The molecule has 0 aliphatic carbocycles. The summed E-state index contributed by atoms with van der Waals surface area (Å²) in [6.45, 7) is 9.10. The molecular formula is C14H22N6. The minimum absolute atomic E-state index is 0.448. The van der Waals surface area contributed by atoms with Crippen molar-refractivity contribution in [1.29, 1.82) is 0 Å². The molecule has 0 fully saturated rings. The maximum Gasteiger partial charge on any atom is 0.252 e. The second-order valence-corrected chi connectivity index (χ2v) is 4.99. The number of rotatable bonds is 6. The topological polar surface area (TPSA) is 68.5 Å². The molecule has 20 heavy (non-hydrogen) atoms. The van der Waals surface area contributed by atoms with Crippen LogP contribution in [0.15, 0.2) is 12.4 Å². The second kappa shape index (κ2) is 6.56. The number of hydrogen-bond acceptors (Lipinski definition) is 5. The van der Waals surface area contributed by atoms with Crippen LogP contribution in [0.25, 0.3) is 5.95 Å². The Balaban J connectivity index is 2.19. The molecule has 2 aromatic heterocycles. The lowest BCUT2D eigenvalue weighted by atomic mass is 10.3. The van der Waals surface area contributed by atoms with Gasteiger partial charge in [-0.25, -0.2) is 15.0 Å². The lowest BCUT2D eigenvalue weighted by molar-refractivity contribution is 0.586. The van der Waals surface area contributed by atoms with Crippen LogP contribution in [0.4, 0.5) is 0 Å². The van der Waals surface area contributed by atoms with Gasteiger partial charge in [-0.1, -0.05) is 27.7 Å². The molecule has 0 saturated carbocycles. The molecule has 0 bridgehead atoms. The van der Waals surface area contributed by atoms with Gasteiger partial charge in [0.05, 0.1) is 0 Å². The molecule has 108 valence electrons. The molecule has 0 radical (unpaired) electrons. The van der Waals surface area contributed by atoms with Gasteiger partial charge >= 0.3 is 0 Å². The quantitative estimate of drug-likeness (QED) is 0.868. The summed E-state index contributed by atoms with van der Waals surface area (Å²) in [7, 11) is 0.